The van der Waals surface area contributed by atoms with Crippen LogP contribution in [0.2, 0.25) is 0 Å². The van der Waals surface area contributed by atoms with Gasteiger partial charge in [0.25, 0.3) is 0 Å². The molecule has 17 heavy (non-hydrogen) atoms. The standard InChI is InChI=1S/C12H16O2.2BrH.Zn/c1-9-5-7-10(8-6-9)11(13)14-12(2,3)4;;;/h5-8H,1-4H3;2*1H;/q;;;+2/p-2. The Hall–Kier alpha value is 0.273. The average molecular weight is 417 g/mol. The summed E-state index contributed by atoms with van der Waals surface area (Å²) in [6.07, 6.45) is 0. The molecule has 0 amide bonds. The van der Waals surface area contributed by atoms with E-state index in [1.54, 1.807) is 12.1 Å². The van der Waals surface area contributed by atoms with Gasteiger partial charge in [-0.25, -0.2) is 4.79 Å². The summed E-state index contributed by atoms with van der Waals surface area (Å²) in [7, 11) is 0. The molecule has 5 heteroatoms. The molecule has 1 aromatic carbocycles. The minimum atomic E-state index is -0.429. The van der Waals surface area contributed by atoms with E-state index in [-0.39, 0.29) is 19.2 Å². The molecule has 92 valence electrons. The molecule has 0 saturated carbocycles. The predicted octanol–water partition coefficient (Wildman–Crippen LogP) is 4.64. The van der Waals surface area contributed by atoms with E-state index < -0.39 is 5.60 Å². The Kier molecular flexibility index (Phi) is 8.52. The van der Waals surface area contributed by atoms with Gasteiger partial charge < -0.3 is 4.74 Å². The van der Waals surface area contributed by atoms with Crippen molar-refractivity contribution in [2.24, 2.45) is 0 Å². The molecule has 2 nitrogen and oxygen atoms in total. The number of carbonyl (C=O) groups excluding carboxylic acids is 1. The zero-order chi connectivity index (χ0) is 13.5. The van der Waals surface area contributed by atoms with Gasteiger partial charge in [-0.3, -0.25) is 0 Å². The van der Waals surface area contributed by atoms with Crippen molar-refractivity contribution >= 4 is 33.2 Å². The summed E-state index contributed by atoms with van der Waals surface area (Å²) >= 11 is 6.25. The van der Waals surface area contributed by atoms with Gasteiger partial charge in [-0.1, -0.05) is 17.7 Å². The molecule has 1 rings (SSSR count). The fourth-order valence-electron chi connectivity index (χ4n) is 1.03. The maximum atomic E-state index is 11.5. The van der Waals surface area contributed by atoms with Crippen LogP contribution in [0.25, 0.3) is 0 Å². The summed E-state index contributed by atoms with van der Waals surface area (Å²) in [6.45, 7) is 7.57. The van der Waals surface area contributed by atoms with Gasteiger partial charge in [0.2, 0.25) is 0 Å². The van der Waals surface area contributed by atoms with Gasteiger partial charge in [0.15, 0.2) is 0 Å². The van der Waals surface area contributed by atoms with Crippen LogP contribution >= 0.6 is 27.2 Å². The number of aryl methyl sites for hydroxylation is 1. The van der Waals surface area contributed by atoms with Crippen molar-refractivity contribution in [2.45, 2.75) is 33.3 Å². The number of esters is 1. The van der Waals surface area contributed by atoms with Crippen molar-refractivity contribution < 1.29 is 22.7 Å². The number of benzene rings is 1. The first-order chi connectivity index (χ1) is 7.80. The zero-order valence-corrected chi connectivity index (χ0v) is 16.7. The molecule has 0 aliphatic heterocycles. The molecule has 0 fully saturated rings. The third kappa shape index (κ3) is 8.93. The summed E-state index contributed by atoms with van der Waals surface area (Å²) in [4.78, 5) is 11.5. The van der Waals surface area contributed by atoms with Crippen LogP contribution in [0.1, 0.15) is 36.7 Å². The molecule has 0 aliphatic rings. The summed E-state index contributed by atoms with van der Waals surface area (Å²) < 4.78 is 5.22. The Morgan fingerprint density at radius 3 is 1.94 bits per heavy atom. The molecule has 1 aromatic rings. The molecule has 0 radical (unpaired) electrons. The van der Waals surface area contributed by atoms with E-state index in [0.29, 0.717) is 5.56 Å². The Balaban J connectivity index is 0.000000770. The zero-order valence-electron chi connectivity index (χ0n) is 10.6. The molecule has 0 aliphatic carbocycles. The quantitative estimate of drug-likeness (QED) is 0.492. The molecule has 0 spiro atoms. The van der Waals surface area contributed by atoms with Crippen molar-refractivity contribution in [3.05, 3.63) is 35.4 Å². The van der Waals surface area contributed by atoms with Gasteiger partial charge in [-0.05, 0) is 39.8 Å². The third-order valence-electron chi connectivity index (χ3n) is 1.69. The van der Waals surface area contributed by atoms with E-state index in [9.17, 15) is 4.79 Å². The summed E-state index contributed by atoms with van der Waals surface area (Å²) in [5, 5.41) is 0. The van der Waals surface area contributed by atoms with Gasteiger partial charge in [0.1, 0.15) is 5.60 Å². The van der Waals surface area contributed by atoms with Gasteiger partial charge >= 0.3 is 46.4 Å². The first kappa shape index (κ1) is 17.3. The normalized spacial score (nSPS) is 9.76. The van der Waals surface area contributed by atoms with Crippen LogP contribution in [0, 0.1) is 6.92 Å². The molecule has 0 atom stereocenters. The van der Waals surface area contributed by atoms with E-state index in [4.69, 9.17) is 4.74 Å². The summed E-state index contributed by atoms with van der Waals surface area (Å²) in [5.74, 6) is -0.266. The molecule has 0 unspecified atom stereocenters. The van der Waals surface area contributed by atoms with Crippen LogP contribution in [-0.2, 0) is 17.9 Å². The fraction of sp³-hybridized carbons (Fsp3) is 0.417. The van der Waals surface area contributed by atoms with Crippen LogP contribution in [0.15, 0.2) is 24.3 Å². The number of carbonyl (C=O) groups is 1. The van der Waals surface area contributed by atoms with Crippen LogP contribution in [0.5, 0.6) is 0 Å². The molecule has 0 heterocycles. The second-order valence-corrected chi connectivity index (χ2v) is 18.5. The Bertz CT molecular complexity index is 345. The number of rotatable bonds is 1. The molecule has 0 N–H and O–H groups in total. The van der Waals surface area contributed by atoms with E-state index in [0.717, 1.165) is 5.56 Å². The van der Waals surface area contributed by atoms with E-state index in [2.05, 4.69) is 27.2 Å². The molecule has 0 bridgehead atoms. The second-order valence-electron chi connectivity index (χ2n) is 4.47. The average Bonchev–Trinajstić information content (AvgIpc) is 2.17. The fourth-order valence-corrected chi connectivity index (χ4v) is 1.03. The predicted molar refractivity (Wildman–Crippen MR) is 74.2 cm³/mol. The third-order valence-corrected chi connectivity index (χ3v) is 1.69. The SMILES string of the molecule is Cc1ccc(C(=O)OC(C)(C)C)cc1.[Br][Zn][Br]. The van der Waals surface area contributed by atoms with Crippen LogP contribution in [0.3, 0.4) is 0 Å². The van der Waals surface area contributed by atoms with Gasteiger partial charge in [-0.15, -0.1) is 0 Å². The van der Waals surface area contributed by atoms with Gasteiger partial charge in [-0.2, -0.15) is 0 Å². The van der Waals surface area contributed by atoms with Crippen molar-refractivity contribution in [1.82, 2.24) is 0 Å². The number of halogens is 2. The van der Waals surface area contributed by atoms with E-state index >= 15 is 0 Å². The molecular weight excluding hydrogens is 401 g/mol. The van der Waals surface area contributed by atoms with Gasteiger partial charge in [0, 0.05) is 0 Å². The number of hydrogen-bond donors (Lipinski definition) is 0. The number of hydrogen-bond acceptors (Lipinski definition) is 2. The van der Waals surface area contributed by atoms with Gasteiger partial charge in [0.05, 0.1) is 5.56 Å². The van der Waals surface area contributed by atoms with Crippen molar-refractivity contribution in [1.29, 1.82) is 0 Å². The molecule has 0 saturated heterocycles. The van der Waals surface area contributed by atoms with Crippen molar-refractivity contribution in [3.8, 4) is 0 Å². The Morgan fingerprint density at radius 1 is 1.18 bits per heavy atom. The number of ether oxygens (including phenoxy) is 1. The Labute approximate surface area is 124 Å². The van der Waals surface area contributed by atoms with Crippen LogP contribution in [0.4, 0.5) is 0 Å². The van der Waals surface area contributed by atoms with E-state index in [1.807, 2.05) is 39.8 Å². The summed E-state index contributed by atoms with van der Waals surface area (Å²) in [5.41, 5.74) is 1.31. The maximum absolute atomic E-state index is 11.5. The first-order valence-corrected chi connectivity index (χ1v) is 19.1. The van der Waals surface area contributed by atoms with Crippen LogP contribution in [-0.4, -0.2) is 11.6 Å². The summed E-state index contributed by atoms with van der Waals surface area (Å²) in [6, 6.07) is 7.37. The topological polar surface area (TPSA) is 26.3 Å². The van der Waals surface area contributed by atoms with Crippen molar-refractivity contribution in [3.63, 3.8) is 0 Å². The van der Waals surface area contributed by atoms with E-state index in [1.165, 1.54) is 0 Å². The minimum absolute atomic E-state index is 0.250. The first-order valence-electron chi connectivity index (χ1n) is 5.22. The second kappa shape index (κ2) is 8.39. The Morgan fingerprint density at radius 2 is 1.59 bits per heavy atom. The van der Waals surface area contributed by atoms with Crippen molar-refractivity contribution in [2.75, 3.05) is 0 Å². The molecule has 0 aromatic heterocycles. The van der Waals surface area contributed by atoms with Crippen LogP contribution < -0.4 is 0 Å². The molecular formula is C12H16Br2O2Zn. The monoisotopic (exact) mass is 414 g/mol.